The van der Waals surface area contributed by atoms with E-state index in [1.807, 2.05) is 0 Å². The summed E-state index contributed by atoms with van der Waals surface area (Å²) >= 11 is 1.49. The van der Waals surface area contributed by atoms with E-state index in [1.165, 1.54) is 16.9 Å². The van der Waals surface area contributed by atoms with Crippen molar-refractivity contribution < 1.29 is 0 Å². The van der Waals surface area contributed by atoms with Gasteiger partial charge in [0.15, 0.2) is 0 Å². The van der Waals surface area contributed by atoms with E-state index in [-0.39, 0.29) is 0 Å². The van der Waals surface area contributed by atoms with E-state index < -0.39 is 0 Å². The molecule has 0 unspecified atom stereocenters. The second-order valence-electron chi connectivity index (χ2n) is 4.17. The smallest absolute Gasteiger partial charge is 0.128 e. The molecule has 1 aromatic heterocycles. The third kappa shape index (κ3) is 2.12. The summed E-state index contributed by atoms with van der Waals surface area (Å²) in [6.45, 7) is 4.22. The Balaban J connectivity index is 2.53. The molecule has 0 saturated carbocycles. The molecule has 0 radical (unpaired) electrons. The third-order valence-electron chi connectivity index (χ3n) is 3.13. The molecule has 0 saturated heterocycles. The Morgan fingerprint density at radius 1 is 1.17 bits per heavy atom. The van der Waals surface area contributed by atoms with Gasteiger partial charge in [-0.25, -0.2) is 0 Å². The molecule has 0 aliphatic rings. The van der Waals surface area contributed by atoms with Gasteiger partial charge in [-0.2, -0.15) is 5.26 Å². The highest BCUT2D eigenvalue weighted by Gasteiger charge is 2.15. The van der Waals surface area contributed by atoms with E-state index in [1.54, 1.807) is 0 Å². The van der Waals surface area contributed by atoms with Crippen molar-refractivity contribution >= 4 is 17.0 Å². The molecular weight excluding hydrogens is 240 g/mol. The van der Waals surface area contributed by atoms with E-state index in [9.17, 15) is 0 Å². The SMILES string of the molecule is CCc1ccc(-c2sc(C#N)c(N)c2CC)cc1. The molecule has 2 nitrogen and oxygen atoms in total. The Morgan fingerprint density at radius 3 is 2.33 bits per heavy atom. The van der Waals surface area contributed by atoms with Crippen LogP contribution in [0.25, 0.3) is 10.4 Å². The number of rotatable bonds is 3. The second-order valence-corrected chi connectivity index (χ2v) is 5.19. The molecule has 0 aliphatic carbocycles. The van der Waals surface area contributed by atoms with Crippen molar-refractivity contribution in [2.24, 2.45) is 0 Å². The number of aryl methyl sites for hydroxylation is 1. The Bertz CT molecular complexity index is 588. The molecule has 2 N–H and O–H groups in total. The molecule has 0 bridgehead atoms. The second kappa shape index (κ2) is 5.24. The number of nitrogens with zero attached hydrogens (tertiary/aromatic N) is 1. The van der Waals surface area contributed by atoms with Crippen LogP contribution in [0.15, 0.2) is 24.3 Å². The van der Waals surface area contributed by atoms with Crippen LogP contribution in [-0.2, 0) is 12.8 Å². The first-order valence-corrected chi connectivity index (χ1v) is 6.93. The summed E-state index contributed by atoms with van der Waals surface area (Å²) in [6.07, 6.45) is 1.89. The van der Waals surface area contributed by atoms with Crippen molar-refractivity contribution in [2.75, 3.05) is 5.73 Å². The first kappa shape index (κ1) is 12.7. The summed E-state index contributed by atoms with van der Waals surface area (Å²) in [4.78, 5) is 1.76. The summed E-state index contributed by atoms with van der Waals surface area (Å²) in [5.41, 5.74) is 10.2. The van der Waals surface area contributed by atoms with Crippen LogP contribution in [0.2, 0.25) is 0 Å². The minimum absolute atomic E-state index is 0.626. The predicted octanol–water partition coefficient (Wildman–Crippen LogP) is 3.99. The van der Waals surface area contributed by atoms with Crippen LogP contribution in [0.3, 0.4) is 0 Å². The van der Waals surface area contributed by atoms with Crippen molar-refractivity contribution in [1.29, 1.82) is 5.26 Å². The molecule has 0 aliphatic heterocycles. The largest absolute Gasteiger partial charge is 0.397 e. The van der Waals surface area contributed by atoms with E-state index in [4.69, 9.17) is 11.0 Å². The van der Waals surface area contributed by atoms with Gasteiger partial charge >= 0.3 is 0 Å². The highest BCUT2D eigenvalue weighted by atomic mass is 32.1. The van der Waals surface area contributed by atoms with Crippen LogP contribution in [0.5, 0.6) is 0 Å². The number of hydrogen-bond acceptors (Lipinski definition) is 3. The predicted molar refractivity (Wildman–Crippen MR) is 77.6 cm³/mol. The molecule has 2 rings (SSSR count). The minimum Gasteiger partial charge on any atom is -0.397 e. The molecule has 18 heavy (non-hydrogen) atoms. The average molecular weight is 256 g/mol. The van der Waals surface area contributed by atoms with Gasteiger partial charge < -0.3 is 5.73 Å². The highest BCUT2D eigenvalue weighted by molar-refractivity contribution is 7.16. The molecule has 2 aromatic rings. The Labute approximate surface area is 112 Å². The summed E-state index contributed by atoms with van der Waals surface area (Å²) in [5, 5.41) is 9.06. The maximum absolute atomic E-state index is 9.06. The maximum Gasteiger partial charge on any atom is 0.128 e. The molecular formula is C15H16N2S. The third-order valence-corrected chi connectivity index (χ3v) is 4.33. The topological polar surface area (TPSA) is 49.8 Å². The van der Waals surface area contributed by atoms with Gasteiger partial charge in [-0.05, 0) is 29.5 Å². The fraction of sp³-hybridized carbons (Fsp3) is 0.267. The Kier molecular flexibility index (Phi) is 3.69. The average Bonchev–Trinajstić information content (AvgIpc) is 2.75. The van der Waals surface area contributed by atoms with Crippen molar-refractivity contribution in [2.45, 2.75) is 26.7 Å². The summed E-state index contributed by atoms with van der Waals surface area (Å²) in [7, 11) is 0. The highest BCUT2D eigenvalue weighted by Crippen LogP contribution is 2.38. The van der Waals surface area contributed by atoms with Crippen LogP contribution in [0.4, 0.5) is 5.69 Å². The van der Waals surface area contributed by atoms with Crippen molar-refractivity contribution in [1.82, 2.24) is 0 Å². The van der Waals surface area contributed by atoms with E-state index >= 15 is 0 Å². The number of anilines is 1. The molecule has 92 valence electrons. The zero-order valence-corrected chi connectivity index (χ0v) is 11.5. The molecule has 0 amide bonds. The normalized spacial score (nSPS) is 10.3. The van der Waals surface area contributed by atoms with Crippen LogP contribution >= 0.6 is 11.3 Å². The van der Waals surface area contributed by atoms with Gasteiger partial charge in [-0.1, -0.05) is 38.1 Å². The summed E-state index contributed by atoms with van der Waals surface area (Å²) in [5.74, 6) is 0. The van der Waals surface area contributed by atoms with Gasteiger partial charge in [0.1, 0.15) is 10.9 Å². The minimum atomic E-state index is 0.626. The zero-order chi connectivity index (χ0) is 13.1. The van der Waals surface area contributed by atoms with Gasteiger partial charge in [-0.15, -0.1) is 11.3 Å². The van der Waals surface area contributed by atoms with E-state index in [2.05, 4.69) is 44.2 Å². The number of nitriles is 1. The van der Waals surface area contributed by atoms with Crippen LogP contribution in [-0.4, -0.2) is 0 Å². The quantitative estimate of drug-likeness (QED) is 0.902. The van der Waals surface area contributed by atoms with Crippen molar-refractivity contribution in [3.63, 3.8) is 0 Å². The Hall–Kier alpha value is -1.79. The fourth-order valence-electron chi connectivity index (χ4n) is 2.04. The lowest BCUT2D eigenvalue weighted by atomic mass is 10.0. The number of hydrogen-bond donors (Lipinski definition) is 1. The fourth-order valence-corrected chi connectivity index (χ4v) is 3.15. The number of thiophene rings is 1. The lowest BCUT2D eigenvalue weighted by molar-refractivity contribution is 1.14. The van der Waals surface area contributed by atoms with Gasteiger partial charge in [0.05, 0.1) is 5.69 Å². The monoisotopic (exact) mass is 256 g/mol. The van der Waals surface area contributed by atoms with Crippen LogP contribution in [0.1, 0.15) is 29.9 Å². The first-order valence-electron chi connectivity index (χ1n) is 6.11. The lowest BCUT2D eigenvalue weighted by Gasteiger charge is -2.04. The number of benzene rings is 1. The van der Waals surface area contributed by atoms with Gasteiger partial charge in [-0.3, -0.25) is 0 Å². The molecule has 1 heterocycles. The van der Waals surface area contributed by atoms with E-state index in [0.29, 0.717) is 10.6 Å². The molecule has 1 aromatic carbocycles. The van der Waals surface area contributed by atoms with Gasteiger partial charge in [0, 0.05) is 4.88 Å². The lowest BCUT2D eigenvalue weighted by Crippen LogP contribution is -1.91. The summed E-state index contributed by atoms with van der Waals surface area (Å²) < 4.78 is 0. The Morgan fingerprint density at radius 2 is 1.83 bits per heavy atom. The molecule has 0 atom stereocenters. The van der Waals surface area contributed by atoms with E-state index in [0.717, 1.165) is 28.8 Å². The van der Waals surface area contributed by atoms with Crippen molar-refractivity contribution in [3.8, 4) is 16.5 Å². The summed E-state index contributed by atoms with van der Waals surface area (Å²) in [6, 6.07) is 10.7. The van der Waals surface area contributed by atoms with Crippen molar-refractivity contribution in [3.05, 3.63) is 40.3 Å². The standard InChI is InChI=1S/C15H16N2S/c1-3-10-5-7-11(8-6-10)15-12(4-2)14(17)13(9-16)18-15/h5-8H,3-4,17H2,1-2H3. The number of nitrogen functional groups attached to an aromatic ring is 1. The molecule has 3 heteroatoms. The number of nitrogens with two attached hydrogens (primary N) is 1. The first-order chi connectivity index (χ1) is 8.71. The van der Waals surface area contributed by atoms with Gasteiger partial charge in [0.2, 0.25) is 0 Å². The van der Waals surface area contributed by atoms with Gasteiger partial charge in [0.25, 0.3) is 0 Å². The molecule has 0 fully saturated rings. The molecule has 0 spiro atoms. The van der Waals surface area contributed by atoms with Crippen LogP contribution in [0, 0.1) is 11.3 Å². The zero-order valence-electron chi connectivity index (χ0n) is 10.7. The maximum atomic E-state index is 9.06. The van der Waals surface area contributed by atoms with Crippen LogP contribution < -0.4 is 5.73 Å².